The number of carbonyl (C=O) groups is 1. The van der Waals surface area contributed by atoms with Crippen LogP contribution >= 0.6 is 11.3 Å². The predicted molar refractivity (Wildman–Crippen MR) is 74.7 cm³/mol. The molecule has 0 bridgehead atoms. The first-order valence-corrected chi connectivity index (χ1v) is 6.56. The van der Waals surface area contributed by atoms with Crippen LogP contribution in [-0.4, -0.2) is 44.3 Å². The van der Waals surface area contributed by atoms with Crippen molar-refractivity contribution in [1.29, 1.82) is 0 Å². The molecule has 2 aromatic rings. The van der Waals surface area contributed by atoms with Crippen LogP contribution in [0.2, 0.25) is 0 Å². The molecule has 0 saturated carbocycles. The van der Waals surface area contributed by atoms with Gasteiger partial charge in [-0.25, -0.2) is 19.7 Å². The summed E-state index contributed by atoms with van der Waals surface area (Å²) in [5.41, 5.74) is 0. The van der Waals surface area contributed by atoms with E-state index in [2.05, 4.69) is 25.6 Å². The third-order valence-electron chi connectivity index (χ3n) is 2.21. The Morgan fingerprint density at radius 3 is 2.80 bits per heavy atom. The lowest BCUT2D eigenvalue weighted by Crippen LogP contribution is -2.08. The molecular weight excluding hydrogens is 282 g/mol. The number of aliphatic hydroxyl groups is 1. The van der Waals surface area contributed by atoms with Crippen molar-refractivity contribution in [2.75, 3.05) is 23.8 Å². The molecule has 0 aromatic carbocycles. The van der Waals surface area contributed by atoms with Crippen LogP contribution in [0.4, 0.5) is 16.8 Å². The molecule has 0 aliphatic heterocycles. The Morgan fingerprint density at radius 2 is 2.15 bits per heavy atom. The molecule has 2 aromatic heterocycles. The van der Waals surface area contributed by atoms with Gasteiger partial charge in [-0.1, -0.05) is 11.3 Å². The third-order valence-corrected chi connectivity index (χ3v) is 3.11. The highest BCUT2D eigenvalue weighted by atomic mass is 32.1. The molecule has 0 spiro atoms. The number of rotatable bonds is 6. The van der Waals surface area contributed by atoms with E-state index in [9.17, 15) is 4.79 Å². The molecule has 9 heteroatoms. The average molecular weight is 295 g/mol. The second kappa shape index (κ2) is 6.26. The van der Waals surface area contributed by atoms with Gasteiger partial charge in [0.1, 0.15) is 22.3 Å². The van der Waals surface area contributed by atoms with E-state index in [4.69, 9.17) is 10.2 Å². The number of hydrogen-bond acceptors (Lipinski definition) is 8. The van der Waals surface area contributed by atoms with Crippen LogP contribution in [0, 0.1) is 6.92 Å². The van der Waals surface area contributed by atoms with Crippen LogP contribution in [0.3, 0.4) is 0 Å². The van der Waals surface area contributed by atoms with Crippen molar-refractivity contribution in [2.45, 2.75) is 6.92 Å². The fraction of sp³-hybridized carbons (Fsp3) is 0.273. The second-order valence-corrected chi connectivity index (χ2v) is 4.83. The van der Waals surface area contributed by atoms with Gasteiger partial charge in [0.25, 0.3) is 0 Å². The summed E-state index contributed by atoms with van der Waals surface area (Å²) >= 11 is 1.02. The molecule has 0 radical (unpaired) electrons. The van der Waals surface area contributed by atoms with E-state index in [1.54, 1.807) is 13.0 Å². The largest absolute Gasteiger partial charge is 0.477 e. The number of aromatic carboxylic acids is 1. The van der Waals surface area contributed by atoms with Crippen molar-refractivity contribution in [1.82, 2.24) is 15.0 Å². The molecule has 106 valence electrons. The molecule has 0 atom stereocenters. The summed E-state index contributed by atoms with van der Waals surface area (Å²) in [6, 6.07) is 1.66. The van der Waals surface area contributed by atoms with Crippen LogP contribution in [-0.2, 0) is 0 Å². The summed E-state index contributed by atoms with van der Waals surface area (Å²) in [6.07, 6.45) is 1.29. The maximum atomic E-state index is 10.8. The summed E-state index contributed by atoms with van der Waals surface area (Å²) in [5.74, 6) is 0.610. The van der Waals surface area contributed by atoms with E-state index in [0.717, 1.165) is 11.3 Å². The van der Waals surface area contributed by atoms with Gasteiger partial charge >= 0.3 is 5.97 Å². The van der Waals surface area contributed by atoms with E-state index in [-0.39, 0.29) is 11.5 Å². The predicted octanol–water partition coefficient (Wildman–Crippen LogP) is 1.09. The Balaban J connectivity index is 2.15. The standard InChI is InChI=1S/C11H13N5O3S/c1-6-14-8(12-2-3-17)4-9(15-6)16-11-13-5-7(20-11)10(18)19/h4-5,17H,2-3H2,1H3,(H,18,19)(H2,12,13,14,15,16). The van der Waals surface area contributed by atoms with Crippen molar-refractivity contribution in [3.63, 3.8) is 0 Å². The van der Waals surface area contributed by atoms with Crippen LogP contribution in [0.1, 0.15) is 15.5 Å². The minimum atomic E-state index is -1.01. The first-order valence-electron chi connectivity index (χ1n) is 5.75. The summed E-state index contributed by atoms with van der Waals surface area (Å²) in [4.78, 5) is 23.2. The van der Waals surface area contributed by atoms with Gasteiger partial charge in [0, 0.05) is 12.6 Å². The van der Waals surface area contributed by atoms with E-state index < -0.39 is 5.97 Å². The maximum absolute atomic E-state index is 10.8. The topological polar surface area (TPSA) is 120 Å². The van der Waals surface area contributed by atoms with Gasteiger partial charge in [-0.05, 0) is 6.92 Å². The van der Waals surface area contributed by atoms with Crippen molar-refractivity contribution in [3.8, 4) is 0 Å². The average Bonchev–Trinajstić information content (AvgIpc) is 2.84. The Labute approximate surface area is 118 Å². The summed E-state index contributed by atoms with van der Waals surface area (Å²) in [7, 11) is 0. The van der Waals surface area contributed by atoms with Gasteiger partial charge < -0.3 is 20.8 Å². The maximum Gasteiger partial charge on any atom is 0.347 e. The van der Waals surface area contributed by atoms with Crippen LogP contribution < -0.4 is 10.6 Å². The molecule has 0 unspecified atom stereocenters. The zero-order chi connectivity index (χ0) is 14.5. The van der Waals surface area contributed by atoms with Crippen LogP contribution in [0.5, 0.6) is 0 Å². The molecule has 2 rings (SSSR count). The highest BCUT2D eigenvalue weighted by molar-refractivity contribution is 7.17. The monoisotopic (exact) mass is 295 g/mol. The number of anilines is 3. The lowest BCUT2D eigenvalue weighted by molar-refractivity contribution is 0.0702. The zero-order valence-corrected chi connectivity index (χ0v) is 11.4. The fourth-order valence-electron chi connectivity index (χ4n) is 1.45. The number of carboxylic acid groups (broad SMARTS) is 1. The van der Waals surface area contributed by atoms with Crippen LogP contribution in [0.25, 0.3) is 0 Å². The highest BCUT2D eigenvalue weighted by Crippen LogP contribution is 2.22. The molecule has 2 heterocycles. The van der Waals surface area contributed by atoms with Crippen LogP contribution in [0.15, 0.2) is 12.3 Å². The highest BCUT2D eigenvalue weighted by Gasteiger charge is 2.09. The van der Waals surface area contributed by atoms with Crippen molar-refractivity contribution >= 4 is 34.1 Å². The van der Waals surface area contributed by atoms with E-state index in [0.29, 0.717) is 29.1 Å². The summed E-state index contributed by atoms with van der Waals surface area (Å²) < 4.78 is 0. The molecule has 0 aliphatic rings. The van der Waals surface area contributed by atoms with Crippen molar-refractivity contribution in [3.05, 3.63) is 23.0 Å². The van der Waals surface area contributed by atoms with Gasteiger partial charge in [-0.15, -0.1) is 0 Å². The molecule has 4 N–H and O–H groups in total. The number of nitrogens with one attached hydrogen (secondary N) is 2. The van der Waals surface area contributed by atoms with Gasteiger partial charge in [0.05, 0.1) is 12.8 Å². The first-order chi connectivity index (χ1) is 9.58. The number of thiazole rings is 1. The third kappa shape index (κ3) is 3.62. The minimum Gasteiger partial charge on any atom is -0.477 e. The first kappa shape index (κ1) is 14.2. The summed E-state index contributed by atoms with van der Waals surface area (Å²) in [5, 5.41) is 23.9. The number of aryl methyl sites for hydroxylation is 1. The molecule has 0 saturated heterocycles. The van der Waals surface area contributed by atoms with E-state index in [1.165, 1.54) is 6.20 Å². The van der Waals surface area contributed by atoms with Crippen molar-refractivity contribution in [2.24, 2.45) is 0 Å². The molecular formula is C11H13N5O3S. The molecule has 0 aliphatic carbocycles. The van der Waals surface area contributed by atoms with Gasteiger partial charge in [0.2, 0.25) is 0 Å². The van der Waals surface area contributed by atoms with E-state index >= 15 is 0 Å². The fourth-order valence-corrected chi connectivity index (χ4v) is 2.11. The Kier molecular flexibility index (Phi) is 4.43. The Morgan fingerprint density at radius 1 is 1.40 bits per heavy atom. The lowest BCUT2D eigenvalue weighted by Gasteiger charge is -2.07. The normalized spacial score (nSPS) is 10.3. The Hall–Kier alpha value is -2.26. The summed E-state index contributed by atoms with van der Waals surface area (Å²) in [6.45, 7) is 2.12. The quantitative estimate of drug-likeness (QED) is 0.625. The van der Waals surface area contributed by atoms with Gasteiger partial charge in [0.15, 0.2) is 5.13 Å². The lowest BCUT2D eigenvalue weighted by atomic mass is 10.5. The minimum absolute atomic E-state index is 0.000262. The Bertz CT molecular complexity index is 616. The zero-order valence-electron chi connectivity index (χ0n) is 10.6. The number of nitrogens with zero attached hydrogens (tertiary/aromatic N) is 3. The SMILES string of the molecule is Cc1nc(NCCO)cc(Nc2ncc(C(=O)O)s2)n1. The molecule has 8 nitrogen and oxygen atoms in total. The number of hydrogen-bond donors (Lipinski definition) is 4. The second-order valence-electron chi connectivity index (χ2n) is 3.80. The van der Waals surface area contributed by atoms with E-state index in [1.807, 2.05) is 0 Å². The number of aliphatic hydroxyl groups excluding tert-OH is 1. The van der Waals surface area contributed by atoms with Crippen molar-refractivity contribution < 1.29 is 15.0 Å². The number of aromatic nitrogens is 3. The molecule has 0 fully saturated rings. The number of carboxylic acids is 1. The molecule has 0 amide bonds. The molecule has 20 heavy (non-hydrogen) atoms. The van der Waals surface area contributed by atoms with Gasteiger partial charge in [-0.3, -0.25) is 0 Å². The van der Waals surface area contributed by atoms with Gasteiger partial charge in [-0.2, -0.15) is 0 Å². The smallest absolute Gasteiger partial charge is 0.347 e.